The van der Waals surface area contributed by atoms with E-state index in [0.717, 1.165) is 36.6 Å². The van der Waals surface area contributed by atoms with Crippen molar-refractivity contribution in [3.8, 4) is 0 Å². The molecule has 0 saturated carbocycles. The molecule has 0 radical (unpaired) electrons. The zero-order valence-corrected chi connectivity index (χ0v) is 16.1. The summed E-state index contributed by atoms with van der Waals surface area (Å²) in [6.07, 6.45) is 3.63. The fraction of sp³-hybridized carbons (Fsp3) is 0.250. The van der Waals surface area contributed by atoms with E-state index in [-0.39, 0.29) is 0 Å². The van der Waals surface area contributed by atoms with E-state index in [1.165, 1.54) is 0 Å². The topological polar surface area (TPSA) is 53.6 Å². The van der Waals surface area contributed by atoms with Crippen molar-refractivity contribution in [3.05, 3.63) is 64.1 Å². The van der Waals surface area contributed by atoms with Gasteiger partial charge in [0, 0.05) is 41.4 Å². The molecule has 1 aliphatic rings. The minimum atomic E-state index is 0.406. The quantitative estimate of drug-likeness (QED) is 0.598. The maximum absolute atomic E-state index is 6.47. The predicted octanol–water partition coefficient (Wildman–Crippen LogP) is 4.49. The highest BCUT2D eigenvalue weighted by Gasteiger charge is 2.18. The number of nitrogens with one attached hydrogen (secondary N) is 1. The second-order valence-corrected chi connectivity index (χ2v) is 7.14. The Morgan fingerprint density at radius 1 is 1.23 bits per heavy atom. The number of nitrogens with two attached hydrogens (primary N) is 1. The largest absolute Gasteiger partial charge is 0.384 e. The molecule has 1 atom stereocenters. The number of hydrogen-bond acceptors (Lipinski definition) is 3. The van der Waals surface area contributed by atoms with Crippen molar-refractivity contribution in [2.45, 2.75) is 13.0 Å². The first kappa shape index (κ1) is 18.8. The maximum Gasteiger partial charge on any atom is 0.124 e. The van der Waals surface area contributed by atoms with E-state index in [4.69, 9.17) is 28.9 Å². The van der Waals surface area contributed by atoms with Crippen molar-refractivity contribution in [3.63, 3.8) is 0 Å². The van der Waals surface area contributed by atoms with Crippen LogP contribution >= 0.6 is 23.2 Å². The Labute approximate surface area is 164 Å². The Morgan fingerprint density at radius 3 is 2.69 bits per heavy atom. The first-order valence-electron chi connectivity index (χ1n) is 8.57. The van der Waals surface area contributed by atoms with Crippen molar-refractivity contribution in [2.75, 3.05) is 24.5 Å². The fourth-order valence-electron chi connectivity index (χ4n) is 2.93. The Balaban J connectivity index is 1.73. The highest BCUT2D eigenvalue weighted by Crippen LogP contribution is 2.26. The van der Waals surface area contributed by atoms with Gasteiger partial charge in [-0.25, -0.2) is 4.99 Å². The van der Waals surface area contributed by atoms with Gasteiger partial charge in [-0.1, -0.05) is 29.3 Å². The zero-order chi connectivity index (χ0) is 18.5. The monoisotopic (exact) mass is 388 g/mol. The van der Waals surface area contributed by atoms with Crippen LogP contribution in [0.3, 0.4) is 0 Å². The lowest BCUT2D eigenvalue weighted by atomic mass is 10.1. The third kappa shape index (κ3) is 4.79. The van der Waals surface area contributed by atoms with Gasteiger partial charge in [-0.15, -0.1) is 0 Å². The minimum Gasteiger partial charge on any atom is -0.384 e. The molecule has 3 rings (SSSR count). The van der Waals surface area contributed by atoms with Crippen LogP contribution in [0, 0.1) is 0 Å². The highest BCUT2D eigenvalue weighted by molar-refractivity contribution is 6.32. The maximum atomic E-state index is 6.47. The zero-order valence-electron chi connectivity index (χ0n) is 14.6. The van der Waals surface area contributed by atoms with Crippen LogP contribution < -0.4 is 16.0 Å². The van der Waals surface area contributed by atoms with Crippen LogP contribution in [0.2, 0.25) is 10.0 Å². The van der Waals surface area contributed by atoms with Crippen LogP contribution in [-0.4, -0.2) is 31.5 Å². The smallest absolute Gasteiger partial charge is 0.124 e. The molecule has 1 fully saturated rings. The van der Waals surface area contributed by atoms with Gasteiger partial charge < -0.3 is 16.0 Å². The molecule has 0 aromatic heterocycles. The standard InChI is InChI=1S/C20H22Cl2N4/c1-14-13-24-10-11-26(14)18-8-2-15(19(22)12-18)3-9-20(23)25-17-6-4-16(21)5-7-17/h2-9,12,14,24H,10-11,13H2,1H3,(H2,23,25)/t14-/m1/s1. The number of hydrogen-bond donors (Lipinski definition) is 2. The van der Waals surface area contributed by atoms with Crippen LogP contribution in [0.15, 0.2) is 53.5 Å². The lowest BCUT2D eigenvalue weighted by Crippen LogP contribution is -2.49. The van der Waals surface area contributed by atoms with Crippen molar-refractivity contribution >= 4 is 46.5 Å². The van der Waals surface area contributed by atoms with Crippen LogP contribution in [0.5, 0.6) is 0 Å². The third-order valence-corrected chi connectivity index (χ3v) is 4.91. The van der Waals surface area contributed by atoms with Gasteiger partial charge in [-0.2, -0.15) is 0 Å². The van der Waals surface area contributed by atoms with Gasteiger partial charge in [0.05, 0.1) is 5.69 Å². The van der Waals surface area contributed by atoms with Crippen LogP contribution in [0.25, 0.3) is 6.08 Å². The first-order valence-corrected chi connectivity index (χ1v) is 9.33. The number of piperazine rings is 1. The SMILES string of the molecule is C[C@@H]1CNCCN1c1ccc(C=CC(N)=Nc2ccc(Cl)cc2)c(Cl)c1. The molecule has 136 valence electrons. The molecular formula is C20H22Cl2N4. The van der Waals surface area contributed by atoms with E-state index in [1.807, 2.05) is 30.3 Å². The lowest BCUT2D eigenvalue weighted by Gasteiger charge is -2.36. The molecule has 0 bridgehead atoms. The number of rotatable bonds is 4. The van der Waals surface area contributed by atoms with Gasteiger partial charge in [0.15, 0.2) is 0 Å². The predicted molar refractivity (Wildman–Crippen MR) is 113 cm³/mol. The lowest BCUT2D eigenvalue weighted by molar-refractivity contribution is 0.501. The van der Waals surface area contributed by atoms with Crippen molar-refractivity contribution in [1.29, 1.82) is 0 Å². The van der Waals surface area contributed by atoms with Gasteiger partial charge >= 0.3 is 0 Å². The molecule has 1 saturated heterocycles. The molecule has 2 aromatic carbocycles. The summed E-state index contributed by atoms with van der Waals surface area (Å²) in [5.41, 5.74) is 8.79. The average Bonchev–Trinajstić information content (AvgIpc) is 2.63. The molecule has 1 heterocycles. The number of anilines is 1. The highest BCUT2D eigenvalue weighted by atomic mass is 35.5. The molecule has 2 aromatic rings. The van der Waals surface area contributed by atoms with E-state index < -0.39 is 0 Å². The molecule has 0 unspecified atom stereocenters. The molecule has 6 heteroatoms. The van der Waals surface area contributed by atoms with E-state index in [0.29, 0.717) is 21.9 Å². The Hall–Kier alpha value is -2.01. The molecule has 0 spiro atoms. The summed E-state index contributed by atoms with van der Waals surface area (Å²) < 4.78 is 0. The Bertz CT molecular complexity index is 815. The molecule has 0 amide bonds. The summed E-state index contributed by atoms with van der Waals surface area (Å²) >= 11 is 12.3. The second kappa shape index (κ2) is 8.58. The van der Waals surface area contributed by atoms with Crippen LogP contribution in [0.4, 0.5) is 11.4 Å². The van der Waals surface area contributed by atoms with E-state index in [9.17, 15) is 0 Å². The van der Waals surface area contributed by atoms with E-state index >= 15 is 0 Å². The van der Waals surface area contributed by atoms with Gasteiger partial charge in [-0.05, 0) is 61.0 Å². The molecule has 3 N–H and O–H groups in total. The third-order valence-electron chi connectivity index (χ3n) is 4.34. The van der Waals surface area contributed by atoms with Gasteiger partial charge in [0.1, 0.15) is 5.84 Å². The van der Waals surface area contributed by atoms with Crippen LogP contribution in [0.1, 0.15) is 12.5 Å². The molecule has 1 aliphatic heterocycles. The summed E-state index contributed by atoms with van der Waals surface area (Å²) in [5, 5.41) is 4.76. The Morgan fingerprint density at radius 2 is 2.00 bits per heavy atom. The number of aliphatic imine (C=N–C) groups is 1. The minimum absolute atomic E-state index is 0.406. The first-order chi connectivity index (χ1) is 12.5. The Kier molecular flexibility index (Phi) is 6.20. The number of nitrogens with zero attached hydrogens (tertiary/aromatic N) is 2. The molecular weight excluding hydrogens is 367 g/mol. The molecule has 26 heavy (non-hydrogen) atoms. The van der Waals surface area contributed by atoms with Crippen molar-refractivity contribution < 1.29 is 0 Å². The van der Waals surface area contributed by atoms with Gasteiger partial charge in [0.2, 0.25) is 0 Å². The second-order valence-electron chi connectivity index (χ2n) is 6.30. The molecule has 4 nitrogen and oxygen atoms in total. The summed E-state index contributed by atoms with van der Waals surface area (Å²) in [7, 11) is 0. The van der Waals surface area contributed by atoms with E-state index in [1.54, 1.807) is 18.2 Å². The van der Waals surface area contributed by atoms with Crippen molar-refractivity contribution in [1.82, 2.24) is 5.32 Å². The summed E-state index contributed by atoms with van der Waals surface area (Å²) in [6, 6.07) is 13.8. The normalized spacial score (nSPS) is 18.5. The number of benzene rings is 2. The summed E-state index contributed by atoms with van der Waals surface area (Å²) in [4.78, 5) is 6.70. The van der Waals surface area contributed by atoms with Gasteiger partial charge in [-0.3, -0.25) is 0 Å². The fourth-order valence-corrected chi connectivity index (χ4v) is 3.30. The van der Waals surface area contributed by atoms with Crippen LogP contribution in [-0.2, 0) is 0 Å². The van der Waals surface area contributed by atoms with E-state index in [2.05, 4.69) is 28.2 Å². The van der Waals surface area contributed by atoms with Gasteiger partial charge in [0.25, 0.3) is 0 Å². The summed E-state index contributed by atoms with van der Waals surface area (Å²) in [6.45, 7) is 5.16. The molecule has 0 aliphatic carbocycles. The number of amidine groups is 1. The van der Waals surface area contributed by atoms with Crippen molar-refractivity contribution in [2.24, 2.45) is 10.7 Å². The average molecular weight is 389 g/mol. The number of halogens is 2. The summed E-state index contributed by atoms with van der Waals surface area (Å²) in [5.74, 6) is 0.406.